The van der Waals surface area contributed by atoms with Crippen LogP contribution in [0.5, 0.6) is 0 Å². The molecule has 3 rings (SSSR count). The number of nitrogens with two attached hydrogens (primary N) is 1. The first-order valence-corrected chi connectivity index (χ1v) is 7.74. The van der Waals surface area contributed by atoms with Gasteiger partial charge in [-0.15, -0.1) is 0 Å². The van der Waals surface area contributed by atoms with Crippen molar-refractivity contribution in [1.82, 2.24) is 15.2 Å². The zero-order chi connectivity index (χ0) is 18.1. The Morgan fingerprint density at radius 1 is 1.16 bits per heavy atom. The van der Waals surface area contributed by atoms with Crippen molar-refractivity contribution < 1.29 is 14.4 Å². The van der Waals surface area contributed by atoms with Gasteiger partial charge in [0.25, 0.3) is 23.3 Å². The van der Waals surface area contributed by atoms with Gasteiger partial charge in [0.2, 0.25) is 0 Å². The zero-order valence-corrected chi connectivity index (χ0v) is 13.5. The second-order valence-corrected chi connectivity index (χ2v) is 5.58. The fraction of sp³-hybridized carbons (Fsp3) is 0.176. The predicted molar refractivity (Wildman–Crippen MR) is 90.9 cm³/mol. The van der Waals surface area contributed by atoms with E-state index in [1.807, 2.05) is 6.92 Å². The van der Waals surface area contributed by atoms with Gasteiger partial charge in [-0.25, -0.2) is 0 Å². The van der Waals surface area contributed by atoms with Gasteiger partial charge >= 0.3 is 0 Å². The topological polar surface area (TPSA) is 123 Å². The fourth-order valence-corrected chi connectivity index (χ4v) is 2.65. The molecule has 2 aromatic rings. The molecule has 8 heteroatoms. The van der Waals surface area contributed by atoms with E-state index < -0.39 is 17.4 Å². The zero-order valence-electron chi connectivity index (χ0n) is 13.5. The van der Waals surface area contributed by atoms with E-state index in [9.17, 15) is 19.2 Å². The van der Waals surface area contributed by atoms with Crippen molar-refractivity contribution in [3.05, 3.63) is 57.4 Å². The summed E-state index contributed by atoms with van der Waals surface area (Å²) in [6.45, 7) is 2.52. The summed E-state index contributed by atoms with van der Waals surface area (Å²) in [5.74, 6) is -1.61. The lowest BCUT2D eigenvalue weighted by Gasteiger charge is -2.12. The second-order valence-electron chi connectivity index (χ2n) is 5.58. The minimum absolute atomic E-state index is 0.0191. The van der Waals surface area contributed by atoms with Crippen molar-refractivity contribution in [1.29, 1.82) is 0 Å². The van der Waals surface area contributed by atoms with Gasteiger partial charge in [0.05, 0.1) is 16.8 Å². The van der Waals surface area contributed by atoms with Crippen LogP contribution in [0.15, 0.2) is 35.1 Å². The normalized spacial score (nSPS) is 12.7. The summed E-state index contributed by atoms with van der Waals surface area (Å²) in [4.78, 5) is 47.8. The molecule has 0 bridgehead atoms. The SMILES string of the molecule is CCCNC(=O)c1ccc(-n2c(N)c3c(cc2=O)C(=O)NC3=O)cc1. The molecule has 0 aliphatic carbocycles. The number of amides is 3. The van der Waals surface area contributed by atoms with Crippen LogP contribution in [-0.4, -0.2) is 28.8 Å². The van der Waals surface area contributed by atoms with Gasteiger partial charge in [0.15, 0.2) is 0 Å². The third-order valence-corrected chi connectivity index (χ3v) is 3.88. The average Bonchev–Trinajstić information content (AvgIpc) is 2.87. The quantitative estimate of drug-likeness (QED) is 0.697. The third-order valence-electron chi connectivity index (χ3n) is 3.88. The molecular formula is C17H16N4O4. The van der Waals surface area contributed by atoms with E-state index in [2.05, 4.69) is 10.6 Å². The summed E-state index contributed by atoms with van der Waals surface area (Å²) in [7, 11) is 0. The smallest absolute Gasteiger partial charge is 0.262 e. The molecule has 1 aromatic heterocycles. The van der Waals surface area contributed by atoms with Crippen LogP contribution in [0.3, 0.4) is 0 Å². The monoisotopic (exact) mass is 340 g/mol. The number of fused-ring (bicyclic) bond motifs is 1. The highest BCUT2D eigenvalue weighted by Crippen LogP contribution is 2.22. The number of hydrogen-bond donors (Lipinski definition) is 3. The highest BCUT2D eigenvalue weighted by Gasteiger charge is 2.31. The highest BCUT2D eigenvalue weighted by atomic mass is 16.2. The maximum Gasteiger partial charge on any atom is 0.262 e. The van der Waals surface area contributed by atoms with Crippen molar-refractivity contribution in [2.75, 3.05) is 12.3 Å². The number of pyridine rings is 1. The maximum atomic E-state index is 12.3. The molecule has 0 unspecified atom stereocenters. The summed E-state index contributed by atoms with van der Waals surface area (Å²) in [6.07, 6.45) is 0.825. The number of imide groups is 1. The van der Waals surface area contributed by atoms with E-state index in [0.29, 0.717) is 17.8 Å². The van der Waals surface area contributed by atoms with E-state index in [0.717, 1.165) is 17.1 Å². The van der Waals surface area contributed by atoms with E-state index in [1.165, 1.54) is 0 Å². The van der Waals surface area contributed by atoms with Gasteiger partial charge in [-0.1, -0.05) is 6.92 Å². The molecule has 1 aliphatic heterocycles. The van der Waals surface area contributed by atoms with Crippen LogP contribution in [0.2, 0.25) is 0 Å². The molecule has 1 aromatic carbocycles. The summed E-state index contributed by atoms with van der Waals surface area (Å²) in [6, 6.07) is 7.31. The molecule has 0 atom stereocenters. The van der Waals surface area contributed by atoms with E-state index in [1.54, 1.807) is 24.3 Å². The first kappa shape index (κ1) is 16.4. The molecule has 1 aliphatic rings. The fourth-order valence-electron chi connectivity index (χ4n) is 2.65. The van der Waals surface area contributed by atoms with Gasteiger partial charge in [0, 0.05) is 18.2 Å². The lowest BCUT2D eigenvalue weighted by atomic mass is 10.1. The largest absolute Gasteiger partial charge is 0.384 e. The molecule has 0 spiro atoms. The Labute approximate surface area is 142 Å². The molecule has 128 valence electrons. The van der Waals surface area contributed by atoms with Crippen LogP contribution in [0.25, 0.3) is 5.69 Å². The van der Waals surface area contributed by atoms with Crippen LogP contribution in [0.1, 0.15) is 44.4 Å². The number of benzene rings is 1. The molecule has 0 radical (unpaired) electrons. The highest BCUT2D eigenvalue weighted by molar-refractivity contribution is 6.23. The van der Waals surface area contributed by atoms with Crippen molar-refractivity contribution >= 4 is 23.5 Å². The summed E-state index contributed by atoms with van der Waals surface area (Å²) >= 11 is 0. The number of anilines is 1. The van der Waals surface area contributed by atoms with Crippen LogP contribution in [0.4, 0.5) is 5.82 Å². The average molecular weight is 340 g/mol. The number of carbonyl (C=O) groups excluding carboxylic acids is 3. The first-order valence-electron chi connectivity index (χ1n) is 7.74. The van der Waals surface area contributed by atoms with Crippen LogP contribution in [-0.2, 0) is 0 Å². The van der Waals surface area contributed by atoms with Gasteiger partial charge in [-0.05, 0) is 30.7 Å². The molecule has 3 amide bonds. The summed E-state index contributed by atoms with van der Waals surface area (Å²) in [5, 5.41) is 4.86. The Kier molecular flexibility index (Phi) is 4.10. The predicted octanol–water partition coefficient (Wildman–Crippen LogP) is 0.443. The van der Waals surface area contributed by atoms with Crippen molar-refractivity contribution in [3.63, 3.8) is 0 Å². The first-order chi connectivity index (χ1) is 11.9. The summed E-state index contributed by atoms with van der Waals surface area (Å²) in [5.41, 5.74) is 6.20. The number of aromatic nitrogens is 1. The van der Waals surface area contributed by atoms with Gasteiger partial charge in [0.1, 0.15) is 5.82 Å². The number of hydrogen-bond acceptors (Lipinski definition) is 5. The maximum absolute atomic E-state index is 12.3. The van der Waals surface area contributed by atoms with E-state index in [4.69, 9.17) is 5.73 Å². The van der Waals surface area contributed by atoms with Crippen molar-refractivity contribution in [2.24, 2.45) is 0 Å². The Morgan fingerprint density at radius 2 is 1.84 bits per heavy atom. The van der Waals surface area contributed by atoms with Crippen molar-refractivity contribution in [2.45, 2.75) is 13.3 Å². The number of carbonyl (C=O) groups is 3. The second kappa shape index (κ2) is 6.23. The number of nitrogen functional groups attached to an aromatic ring is 1. The number of rotatable bonds is 4. The molecular weight excluding hydrogens is 324 g/mol. The van der Waals surface area contributed by atoms with Gasteiger partial charge < -0.3 is 11.1 Å². The molecule has 0 saturated heterocycles. The van der Waals surface area contributed by atoms with E-state index in [-0.39, 0.29) is 22.9 Å². The standard InChI is InChI=1S/C17H16N4O4/c1-2-7-19-15(23)9-3-5-10(6-4-9)21-12(22)8-11-13(14(21)18)17(25)20-16(11)24/h3-6,8H,2,7,18H2,1H3,(H,19,23)(H,20,24,25). The lowest BCUT2D eigenvalue weighted by molar-refractivity contribution is 0.0878. The Bertz CT molecular complexity index is 944. The van der Waals surface area contributed by atoms with Crippen LogP contribution < -0.4 is 21.9 Å². The van der Waals surface area contributed by atoms with Gasteiger partial charge in [-0.3, -0.25) is 29.1 Å². The molecule has 2 heterocycles. The third kappa shape index (κ3) is 2.78. The van der Waals surface area contributed by atoms with Crippen LogP contribution in [0, 0.1) is 0 Å². The van der Waals surface area contributed by atoms with E-state index >= 15 is 0 Å². The Balaban J connectivity index is 2.02. The molecule has 0 fully saturated rings. The molecule has 8 nitrogen and oxygen atoms in total. The molecule has 4 N–H and O–H groups in total. The molecule has 0 saturated carbocycles. The minimum Gasteiger partial charge on any atom is -0.384 e. The Hall–Kier alpha value is -3.42. The number of nitrogens with one attached hydrogen (secondary N) is 2. The minimum atomic E-state index is -0.640. The van der Waals surface area contributed by atoms with Crippen molar-refractivity contribution in [3.8, 4) is 5.69 Å². The number of nitrogens with zero attached hydrogens (tertiary/aromatic N) is 1. The van der Waals surface area contributed by atoms with Crippen LogP contribution >= 0.6 is 0 Å². The summed E-state index contributed by atoms with van der Waals surface area (Å²) < 4.78 is 1.13. The molecule has 25 heavy (non-hydrogen) atoms. The van der Waals surface area contributed by atoms with Gasteiger partial charge in [-0.2, -0.15) is 0 Å². The Morgan fingerprint density at radius 3 is 2.48 bits per heavy atom. The lowest BCUT2D eigenvalue weighted by Crippen LogP contribution is -2.25.